The maximum absolute atomic E-state index is 12.7. The Morgan fingerprint density at radius 3 is 2.76 bits per heavy atom. The largest absolute Gasteiger partial charge is 0.632 e. The molecule has 5 nitrogen and oxygen atoms in total. The van der Waals surface area contributed by atoms with E-state index in [2.05, 4.69) is 10.3 Å². The van der Waals surface area contributed by atoms with Crippen molar-refractivity contribution >= 4 is 0 Å². The molecule has 5 heteroatoms. The lowest BCUT2D eigenvalue weighted by atomic mass is 9.87. The molecule has 3 heterocycles. The summed E-state index contributed by atoms with van der Waals surface area (Å²) >= 11 is 0. The normalized spacial score (nSPS) is 35.2. The Hall–Kier alpha value is -1.17. The molecule has 0 radical (unpaired) electrons. The van der Waals surface area contributed by atoms with E-state index < -0.39 is 0 Å². The minimum Gasteiger partial charge on any atom is -0.632 e. The molecule has 0 saturated carbocycles. The fourth-order valence-electron chi connectivity index (χ4n) is 2.89. The minimum atomic E-state index is -0.0684. The van der Waals surface area contributed by atoms with Crippen LogP contribution in [-0.2, 0) is 6.54 Å². The molecular weight excluding hydrogens is 218 g/mol. The van der Waals surface area contributed by atoms with Gasteiger partial charge in [-0.15, -0.1) is 0 Å². The summed E-state index contributed by atoms with van der Waals surface area (Å²) in [6.45, 7) is 2.24. The summed E-state index contributed by atoms with van der Waals surface area (Å²) in [4.78, 5) is 4.15. The Morgan fingerprint density at radius 1 is 1.47 bits per heavy atom. The van der Waals surface area contributed by atoms with Crippen molar-refractivity contribution < 1.29 is 9.38 Å². The molecule has 3 rings (SSSR count). The predicted molar refractivity (Wildman–Crippen MR) is 63.2 cm³/mol. The molecule has 0 amide bonds. The lowest BCUT2D eigenvalue weighted by Crippen LogP contribution is -2.76. The monoisotopic (exact) mass is 235 g/mol. The maximum atomic E-state index is 12.7. The third-order valence-corrected chi connectivity index (χ3v) is 3.98. The number of aromatic nitrogens is 1. The summed E-state index contributed by atoms with van der Waals surface area (Å²) in [6.07, 6.45) is 2.82. The SMILES string of the molecule is COc1ccc(C[N+]2([O-])C3CNCC2C3)cn1. The van der Waals surface area contributed by atoms with Gasteiger partial charge in [0, 0.05) is 30.9 Å². The summed E-state index contributed by atoms with van der Waals surface area (Å²) in [5, 5.41) is 16.0. The van der Waals surface area contributed by atoms with Gasteiger partial charge in [0.05, 0.1) is 13.5 Å². The number of methoxy groups -OCH3 is 1. The number of piperazine rings is 1. The first-order valence-corrected chi connectivity index (χ1v) is 6.00. The van der Waals surface area contributed by atoms with Crippen molar-refractivity contribution in [1.29, 1.82) is 0 Å². The highest BCUT2D eigenvalue weighted by Gasteiger charge is 2.51. The van der Waals surface area contributed by atoms with Crippen molar-refractivity contribution in [1.82, 2.24) is 10.3 Å². The smallest absolute Gasteiger partial charge is 0.212 e. The summed E-state index contributed by atoms with van der Waals surface area (Å²) < 4.78 is 4.94. The van der Waals surface area contributed by atoms with E-state index in [0.717, 1.165) is 25.1 Å². The number of piperidine rings is 1. The highest BCUT2D eigenvalue weighted by Crippen LogP contribution is 2.38. The number of hydrogen-bond donors (Lipinski definition) is 1. The van der Waals surface area contributed by atoms with Crippen molar-refractivity contribution in [3.05, 3.63) is 29.1 Å². The first-order chi connectivity index (χ1) is 8.22. The number of fused-ring (bicyclic) bond motifs is 2. The van der Waals surface area contributed by atoms with Crippen LogP contribution in [0.3, 0.4) is 0 Å². The molecule has 2 aliphatic heterocycles. The Morgan fingerprint density at radius 2 is 2.24 bits per heavy atom. The van der Waals surface area contributed by atoms with Crippen molar-refractivity contribution in [2.75, 3.05) is 20.2 Å². The number of hydroxylamine groups is 3. The average molecular weight is 235 g/mol. The first kappa shape index (κ1) is 11.0. The van der Waals surface area contributed by atoms with Gasteiger partial charge < -0.3 is 19.9 Å². The molecule has 2 aliphatic rings. The molecule has 92 valence electrons. The Bertz CT molecular complexity index is 393. The number of nitrogens with zero attached hydrogens (tertiary/aromatic N) is 2. The van der Waals surface area contributed by atoms with Gasteiger partial charge in [-0.05, 0) is 6.07 Å². The zero-order valence-corrected chi connectivity index (χ0v) is 9.93. The summed E-state index contributed by atoms with van der Waals surface area (Å²) in [5.74, 6) is 0.594. The second-order valence-electron chi connectivity index (χ2n) is 4.92. The topological polar surface area (TPSA) is 57.2 Å². The third kappa shape index (κ3) is 1.71. The van der Waals surface area contributed by atoms with Crippen LogP contribution in [0.4, 0.5) is 0 Å². The van der Waals surface area contributed by atoms with E-state index in [4.69, 9.17) is 4.74 Å². The van der Waals surface area contributed by atoms with Crippen LogP contribution in [0.15, 0.2) is 18.3 Å². The van der Waals surface area contributed by atoms with E-state index in [9.17, 15) is 5.21 Å². The van der Waals surface area contributed by atoms with Gasteiger partial charge in [0.25, 0.3) is 0 Å². The zero-order valence-electron chi connectivity index (χ0n) is 9.93. The van der Waals surface area contributed by atoms with Crippen molar-refractivity contribution in [3.63, 3.8) is 0 Å². The molecule has 2 saturated heterocycles. The van der Waals surface area contributed by atoms with E-state index >= 15 is 0 Å². The van der Waals surface area contributed by atoms with Crippen molar-refractivity contribution in [2.45, 2.75) is 25.0 Å². The van der Waals surface area contributed by atoms with Gasteiger partial charge in [-0.1, -0.05) is 0 Å². The fraction of sp³-hybridized carbons (Fsp3) is 0.583. The molecule has 2 bridgehead atoms. The van der Waals surface area contributed by atoms with Gasteiger partial charge >= 0.3 is 0 Å². The Kier molecular flexibility index (Phi) is 2.54. The van der Waals surface area contributed by atoms with Crippen molar-refractivity contribution in [2.24, 2.45) is 0 Å². The second kappa shape index (κ2) is 3.94. The quantitative estimate of drug-likeness (QED) is 0.617. The standard InChI is InChI=1S/C12H17N3O2/c1-17-12-3-2-9(5-14-12)8-15(16)10-4-11(15)7-13-6-10/h2-3,5,10-11,13H,4,6-8H2,1H3. The van der Waals surface area contributed by atoms with Crippen LogP contribution >= 0.6 is 0 Å². The molecular formula is C12H17N3O2. The second-order valence-corrected chi connectivity index (χ2v) is 4.92. The highest BCUT2D eigenvalue weighted by atomic mass is 16.6. The van der Waals surface area contributed by atoms with Gasteiger partial charge in [-0.2, -0.15) is 0 Å². The highest BCUT2D eigenvalue weighted by molar-refractivity contribution is 5.17. The molecule has 2 unspecified atom stereocenters. The average Bonchev–Trinajstić information content (AvgIpc) is 2.40. The number of nitrogens with one attached hydrogen (secondary N) is 1. The van der Waals surface area contributed by atoms with Crippen LogP contribution < -0.4 is 10.1 Å². The van der Waals surface area contributed by atoms with E-state index in [0.29, 0.717) is 12.4 Å². The molecule has 0 spiro atoms. The molecule has 1 N–H and O–H groups in total. The molecule has 1 aromatic heterocycles. The molecule has 0 aromatic carbocycles. The van der Waals surface area contributed by atoms with Gasteiger partial charge in [0.2, 0.25) is 5.88 Å². The van der Waals surface area contributed by atoms with Crippen LogP contribution in [0.1, 0.15) is 12.0 Å². The van der Waals surface area contributed by atoms with E-state index in [1.165, 1.54) is 0 Å². The number of pyridine rings is 1. The fourth-order valence-corrected chi connectivity index (χ4v) is 2.89. The first-order valence-electron chi connectivity index (χ1n) is 6.00. The van der Waals surface area contributed by atoms with Crippen LogP contribution in [0.5, 0.6) is 5.88 Å². The van der Waals surface area contributed by atoms with Gasteiger partial charge in [0.15, 0.2) is 0 Å². The Balaban J connectivity index is 1.74. The number of hydrogen-bond acceptors (Lipinski definition) is 4. The maximum Gasteiger partial charge on any atom is 0.212 e. The summed E-state index contributed by atoms with van der Waals surface area (Å²) in [7, 11) is 1.59. The van der Waals surface area contributed by atoms with Crippen molar-refractivity contribution in [3.8, 4) is 5.88 Å². The molecule has 2 fully saturated rings. The van der Waals surface area contributed by atoms with E-state index in [1.54, 1.807) is 13.3 Å². The number of ether oxygens (including phenoxy) is 1. The zero-order chi connectivity index (χ0) is 11.9. The lowest BCUT2D eigenvalue weighted by Gasteiger charge is -2.65. The van der Waals surface area contributed by atoms with Gasteiger partial charge in [-0.3, -0.25) is 0 Å². The van der Waals surface area contributed by atoms with E-state index in [1.807, 2.05) is 12.1 Å². The summed E-state index contributed by atoms with van der Waals surface area (Å²) in [6, 6.07) is 4.22. The molecule has 0 aliphatic carbocycles. The predicted octanol–water partition coefficient (Wildman–Crippen LogP) is 0.649. The third-order valence-electron chi connectivity index (χ3n) is 3.98. The van der Waals surface area contributed by atoms with Crippen LogP contribution in [0.2, 0.25) is 0 Å². The molecule has 2 atom stereocenters. The van der Waals surface area contributed by atoms with Crippen LogP contribution in [-0.4, -0.2) is 41.9 Å². The summed E-state index contributed by atoms with van der Waals surface area (Å²) in [5.41, 5.74) is 0.998. The molecule has 1 aromatic rings. The van der Waals surface area contributed by atoms with Gasteiger partial charge in [0.1, 0.15) is 18.6 Å². The lowest BCUT2D eigenvalue weighted by molar-refractivity contribution is -0.986. The van der Waals surface area contributed by atoms with E-state index in [-0.39, 0.29) is 16.7 Å². The van der Waals surface area contributed by atoms with Crippen LogP contribution in [0, 0.1) is 5.21 Å². The van der Waals surface area contributed by atoms with Gasteiger partial charge in [-0.25, -0.2) is 4.98 Å². The number of quaternary nitrogens is 1. The molecule has 17 heavy (non-hydrogen) atoms. The Labute approximate surface area is 101 Å². The minimum absolute atomic E-state index is 0.0684. The van der Waals surface area contributed by atoms with Crippen LogP contribution in [0.25, 0.3) is 0 Å². The number of rotatable bonds is 3.